The largest absolute Gasteiger partial charge is 0.494 e. The number of Topliss-reactive ketones (excluding diaryl/α,β-unsaturated/α-hetero) is 1. The molecule has 130 valence electrons. The topological polar surface area (TPSA) is 59.3 Å². The number of aromatic nitrogens is 1. The molecule has 0 aliphatic carbocycles. The zero-order valence-corrected chi connectivity index (χ0v) is 14.7. The molecule has 0 saturated heterocycles. The molecule has 0 bridgehead atoms. The van der Waals surface area contributed by atoms with Gasteiger partial charge in [0.05, 0.1) is 11.1 Å². The van der Waals surface area contributed by atoms with Crippen molar-refractivity contribution in [2.75, 3.05) is 0 Å². The van der Waals surface area contributed by atoms with Gasteiger partial charge >= 0.3 is 0 Å². The molecule has 4 heteroatoms. The lowest BCUT2D eigenvalue weighted by atomic mass is 10.1. The van der Waals surface area contributed by atoms with Gasteiger partial charge in [-0.05, 0) is 19.4 Å². The molecule has 0 saturated carbocycles. The zero-order chi connectivity index (χ0) is 17.5. The van der Waals surface area contributed by atoms with E-state index in [4.69, 9.17) is 0 Å². The molecule has 1 heterocycles. The highest BCUT2D eigenvalue weighted by Gasteiger charge is 2.22. The van der Waals surface area contributed by atoms with Crippen molar-refractivity contribution in [1.82, 2.24) is 4.57 Å². The lowest BCUT2D eigenvalue weighted by Gasteiger charge is -2.06. The molecule has 1 N–H and O–H groups in total. The van der Waals surface area contributed by atoms with Crippen molar-refractivity contribution in [1.29, 1.82) is 0 Å². The summed E-state index contributed by atoms with van der Waals surface area (Å²) >= 11 is 0. The van der Waals surface area contributed by atoms with Crippen LogP contribution in [-0.4, -0.2) is 21.4 Å². The first-order valence-electron chi connectivity index (χ1n) is 8.94. The number of ketones is 1. The van der Waals surface area contributed by atoms with Crippen LogP contribution in [0.5, 0.6) is 5.88 Å². The van der Waals surface area contributed by atoms with Crippen molar-refractivity contribution in [2.45, 2.75) is 65.2 Å². The van der Waals surface area contributed by atoms with Crippen LogP contribution >= 0.6 is 0 Å². The molecule has 0 unspecified atom stereocenters. The second-order valence-electron chi connectivity index (χ2n) is 6.37. The number of carbonyl (C=O) groups excluding carboxylic acids is 2. The highest BCUT2D eigenvalue weighted by molar-refractivity contribution is 6.12. The molecule has 0 amide bonds. The lowest BCUT2D eigenvalue weighted by molar-refractivity contribution is 0.0895. The summed E-state index contributed by atoms with van der Waals surface area (Å²) in [6, 6.07) is 7.15. The number of rotatable bonds is 9. The Morgan fingerprint density at radius 1 is 1.00 bits per heavy atom. The fraction of sp³-hybridized carbons (Fsp3) is 0.500. The van der Waals surface area contributed by atoms with Gasteiger partial charge in [-0.15, -0.1) is 0 Å². The molecular formula is C20H27NO3. The van der Waals surface area contributed by atoms with E-state index in [2.05, 4.69) is 6.92 Å². The Hall–Kier alpha value is -2.10. The Balaban J connectivity index is 2.05. The van der Waals surface area contributed by atoms with Crippen LogP contribution in [0.3, 0.4) is 0 Å². The second kappa shape index (κ2) is 8.67. The average Bonchev–Trinajstić information content (AvgIpc) is 2.85. The predicted octanol–water partition coefficient (Wildman–Crippen LogP) is 5.33. The summed E-state index contributed by atoms with van der Waals surface area (Å²) in [5.41, 5.74) is 0.840. The van der Waals surface area contributed by atoms with Crippen LogP contribution in [0, 0.1) is 0 Å². The summed E-state index contributed by atoms with van der Waals surface area (Å²) in [5, 5.41) is 11.0. The monoisotopic (exact) mass is 329 g/mol. The molecule has 1 aromatic heterocycles. The number of carbonyl (C=O) groups is 2. The van der Waals surface area contributed by atoms with Gasteiger partial charge in [0, 0.05) is 11.8 Å². The van der Waals surface area contributed by atoms with E-state index in [1.165, 1.54) is 37.2 Å². The highest BCUT2D eigenvalue weighted by Crippen LogP contribution is 2.32. The average molecular weight is 329 g/mol. The Morgan fingerprint density at radius 3 is 2.29 bits per heavy atom. The van der Waals surface area contributed by atoms with Crippen LogP contribution in [0.15, 0.2) is 24.3 Å². The number of hydrogen-bond acceptors (Lipinski definition) is 3. The first kappa shape index (κ1) is 18.2. The van der Waals surface area contributed by atoms with Gasteiger partial charge in [-0.2, -0.15) is 0 Å². The molecular weight excluding hydrogens is 302 g/mol. The molecule has 1 aromatic carbocycles. The minimum absolute atomic E-state index is 0.148. The van der Waals surface area contributed by atoms with E-state index in [0.29, 0.717) is 17.3 Å². The molecule has 0 spiro atoms. The quantitative estimate of drug-likeness (QED) is 0.499. The molecule has 0 radical (unpaired) electrons. The summed E-state index contributed by atoms with van der Waals surface area (Å²) in [7, 11) is 0. The van der Waals surface area contributed by atoms with Gasteiger partial charge < -0.3 is 5.11 Å². The van der Waals surface area contributed by atoms with Gasteiger partial charge in [-0.3, -0.25) is 9.59 Å². The number of unbranched alkanes of at least 4 members (excludes halogenated alkanes) is 6. The standard InChI is InChI=1S/C20H27NO3/c1-3-4-5-6-7-8-9-14-18(23)21-17-13-11-10-12-16(17)19(15(2)22)20(21)24/h10-13,24H,3-9,14H2,1-2H3. The van der Waals surface area contributed by atoms with Gasteiger partial charge in [-0.25, -0.2) is 4.57 Å². The van der Waals surface area contributed by atoms with E-state index in [1.54, 1.807) is 18.2 Å². The van der Waals surface area contributed by atoms with Crippen molar-refractivity contribution in [3.63, 3.8) is 0 Å². The molecule has 4 nitrogen and oxygen atoms in total. The summed E-state index contributed by atoms with van der Waals surface area (Å²) < 4.78 is 1.29. The number of benzene rings is 1. The van der Waals surface area contributed by atoms with Crippen molar-refractivity contribution in [2.24, 2.45) is 0 Å². The van der Waals surface area contributed by atoms with Gasteiger partial charge in [0.15, 0.2) is 5.78 Å². The highest BCUT2D eigenvalue weighted by atomic mass is 16.3. The number of fused-ring (bicyclic) bond motifs is 1. The normalized spacial score (nSPS) is 11.1. The maximum atomic E-state index is 12.5. The summed E-state index contributed by atoms with van der Waals surface area (Å²) in [6.45, 7) is 3.61. The zero-order valence-electron chi connectivity index (χ0n) is 14.7. The minimum atomic E-state index is -0.230. The molecule has 0 aliphatic rings. The summed E-state index contributed by atoms with van der Waals surface area (Å²) in [5.74, 6) is -0.604. The van der Waals surface area contributed by atoms with Crippen molar-refractivity contribution < 1.29 is 14.7 Å². The first-order valence-corrected chi connectivity index (χ1v) is 8.94. The van der Waals surface area contributed by atoms with Gasteiger partial charge in [0.2, 0.25) is 11.8 Å². The van der Waals surface area contributed by atoms with Crippen molar-refractivity contribution in [3.8, 4) is 5.88 Å². The number of aromatic hydroxyl groups is 1. The Bertz CT molecular complexity index is 715. The first-order chi connectivity index (χ1) is 11.6. The van der Waals surface area contributed by atoms with E-state index in [0.717, 1.165) is 19.3 Å². The lowest BCUT2D eigenvalue weighted by Crippen LogP contribution is -2.10. The Labute approximate surface area is 143 Å². The third kappa shape index (κ3) is 4.05. The van der Waals surface area contributed by atoms with Gasteiger partial charge in [0.1, 0.15) is 0 Å². The fourth-order valence-electron chi connectivity index (χ4n) is 3.17. The maximum Gasteiger partial charge on any atom is 0.233 e. The predicted molar refractivity (Wildman–Crippen MR) is 96.8 cm³/mol. The molecule has 0 fully saturated rings. The van der Waals surface area contributed by atoms with Crippen LogP contribution < -0.4 is 0 Å². The smallest absolute Gasteiger partial charge is 0.233 e. The fourth-order valence-corrected chi connectivity index (χ4v) is 3.17. The van der Waals surface area contributed by atoms with E-state index in [1.807, 2.05) is 6.07 Å². The number of para-hydroxylation sites is 1. The minimum Gasteiger partial charge on any atom is -0.494 e. The van der Waals surface area contributed by atoms with Gasteiger partial charge in [0.25, 0.3) is 0 Å². The molecule has 0 atom stereocenters. The second-order valence-corrected chi connectivity index (χ2v) is 6.37. The van der Waals surface area contributed by atoms with Crippen LogP contribution in [-0.2, 0) is 0 Å². The van der Waals surface area contributed by atoms with Crippen molar-refractivity contribution >= 4 is 22.6 Å². The molecule has 0 aliphatic heterocycles. The maximum absolute atomic E-state index is 12.5. The third-order valence-electron chi connectivity index (χ3n) is 4.45. The molecule has 24 heavy (non-hydrogen) atoms. The summed E-state index contributed by atoms with van der Waals surface area (Å²) in [4.78, 5) is 24.4. The van der Waals surface area contributed by atoms with E-state index in [9.17, 15) is 14.7 Å². The Kier molecular flexibility index (Phi) is 6.59. The van der Waals surface area contributed by atoms with E-state index >= 15 is 0 Å². The van der Waals surface area contributed by atoms with Crippen LogP contribution in [0.1, 0.15) is 80.4 Å². The third-order valence-corrected chi connectivity index (χ3v) is 4.45. The van der Waals surface area contributed by atoms with Crippen LogP contribution in [0.25, 0.3) is 10.9 Å². The SMILES string of the molecule is CCCCCCCCCC(=O)n1c(O)c(C(C)=O)c2ccccc21. The molecule has 2 aromatic rings. The summed E-state index contributed by atoms with van der Waals surface area (Å²) in [6.07, 6.45) is 8.35. The molecule has 2 rings (SSSR count). The van der Waals surface area contributed by atoms with Gasteiger partial charge in [-0.1, -0.05) is 63.6 Å². The van der Waals surface area contributed by atoms with E-state index < -0.39 is 0 Å². The van der Waals surface area contributed by atoms with E-state index in [-0.39, 0.29) is 23.1 Å². The Morgan fingerprint density at radius 2 is 1.62 bits per heavy atom. The van der Waals surface area contributed by atoms with Crippen molar-refractivity contribution in [3.05, 3.63) is 29.8 Å². The van der Waals surface area contributed by atoms with Crippen LogP contribution in [0.4, 0.5) is 0 Å². The number of nitrogens with zero attached hydrogens (tertiary/aromatic N) is 1. The number of hydrogen-bond donors (Lipinski definition) is 1. The van der Waals surface area contributed by atoms with Crippen LogP contribution in [0.2, 0.25) is 0 Å².